The second-order valence-corrected chi connectivity index (χ2v) is 21.0. The summed E-state index contributed by atoms with van der Waals surface area (Å²) in [5.41, 5.74) is 19.8. The maximum absolute atomic E-state index is 7.02. The normalized spacial score (nSPS) is 21.6. The Morgan fingerprint density at radius 2 is 1.33 bits per heavy atom. The smallest absolute Gasteiger partial charge is 0.333 e. The molecule has 55 heavy (non-hydrogen) atoms. The molecule has 4 heterocycles. The van der Waals surface area contributed by atoms with Gasteiger partial charge < -0.3 is 14.1 Å². The van der Waals surface area contributed by atoms with Gasteiger partial charge in [0, 0.05) is 44.5 Å². The van der Waals surface area contributed by atoms with E-state index in [1.807, 2.05) is 0 Å². The number of anilines is 4. The summed E-state index contributed by atoms with van der Waals surface area (Å²) in [6, 6.07) is 30.9. The number of furan rings is 1. The zero-order chi connectivity index (χ0) is 38.8. The molecule has 3 aliphatic heterocycles. The number of fused-ring (bicyclic) bond motifs is 11. The molecule has 0 spiro atoms. The fraction of sp³-hybridized carbons (Fsp3) is 0.412. The Bertz CT molecular complexity index is 2630. The molecule has 0 saturated heterocycles. The van der Waals surface area contributed by atoms with E-state index in [-0.39, 0.29) is 34.0 Å². The van der Waals surface area contributed by atoms with Gasteiger partial charge in [0.2, 0.25) is 0 Å². The van der Waals surface area contributed by atoms with Gasteiger partial charge in [-0.1, -0.05) is 131 Å². The molecule has 280 valence electrons. The Labute approximate surface area is 329 Å². The lowest BCUT2D eigenvalue weighted by molar-refractivity contribution is 0.195. The third kappa shape index (κ3) is 4.57. The van der Waals surface area contributed by atoms with Crippen molar-refractivity contribution in [1.82, 2.24) is 0 Å². The number of aryl methyl sites for hydroxylation is 1. The SMILES string of the molecule is Cc1cc(C(C)(C)C)ccc1N1B2c3cc(C(C)(C)C)cc4c3N(c3cc(C(C)(C)C)cc(c32)-c2c1ccc1c2oc2ccccc21)C1(C)CCCCC41C. The molecule has 10 rings (SSSR count). The highest BCUT2D eigenvalue weighted by molar-refractivity contribution is 6.93. The zero-order valence-electron chi connectivity index (χ0n) is 35.2. The molecule has 4 heteroatoms. The molecular weight excluding hydrogens is 667 g/mol. The summed E-state index contributed by atoms with van der Waals surface area (Å²) >= 11 is 0. The Hall–Kier alpha value is -4.44. The minimum Gasteiger partial charge on any atom is -0.455 e. The highest BCUT2D eigenvalue weighted by atomic mass is 16.3. The van der Waals surface area contributed by atoms with Crippen LogP contribution in [0, 0.1) is 6.92 Å². The van der Waals surface area contributed by atoms with Gasteiger partial charge in [-0.05, 0) is 118 Å². The molecule has 4 aliphatic rings. The standard InChI is InChI=1S/C51H57BN2O/c1-30-25-31(47(2,3)4)19-21-39(30)54-40-22-20-35-34-17-13-14-18-42(34)55-46(35)43(40)36-26-32(48(5,6)7)29-41-44(36)52(54)38-28-33(49(8,9)10)27-37-45(38)53(41)51(12)24-16-15-23-50(37,51)11/h13-14,17-22,25-29H,15-16,23-24H2,1-12H3. The van der Waals surface area contributed by atoms with Crippen molar-refractivity contribution >= 4 is 62.5 Å². The number of benzene rings is 5. The molecule has 2 unspecified atom stereocenters. The molecule has 2 atom stereocenters. The van der Waals surface area contributed by atoms with Crippen molar-refractivity contribution in [2.75, 3.05) is 9.71 Å². The van der Waals surface area contributed by atoms with Crippen LogP contribution in [-0.4, -0.2) is 12.4 Å². The van der Waals surface area contributed by atoms with Gasteiger partial charge >= 0.3 is 6.85 Å². The first kappa shape index (κ1) is 35.0. The number of nitrogens with zero attached hydrogens (tertiary/aromatic N) is 2. The van der Waals surface area contributed by atoms with Gasteiger partial charge in [0.05, 0.1) is 5.54 Å². The molecule has 3 nitrogen and oxygen atoms in total. The summed E-state index contributed by atoms with van der Waals surface area (Å²) in [6.45, 7) is 28.8. The Morgan fingerprint density at radius 3 is 2.04 bits per heavy atom. The molecule has 0 bridgehead atoms. The van der Waals surface area contributed by atoms with Gasteiger partial charge in [0.15, 0.2) is 0 Å². The molecule has 0 radical (unpaired) electrons. The molecule has 0 N–H and O–H groups in total. The van der Waals surface area contributed by atoms with Crippen LogP contribution in [0.4, 0.5) is 22.7 Å². The Balaban J connectivity index is 1.40. The lowest BCUT2D eigenvalue weighted by Crippen LogP contribution is -2.65. The third-order valence-corrected chi connectivity index (χ3v) is 14.6. The lowest BCUT2D eigenvalue weighted by atomic mass is 9.42. The molecule has 1 saturated carbocycles. The lowest BCUT2D eigenvalue weighted by Gasteiger charge is -2.53. The van der Waals surface area contributed by atoms with Gasteiger partial charge in [0.1, 0.15) is 11.2 Å². The van der Waals surface area contributed by atoms with Gasteiger partial charge in [0.25, 0.3) is 0 Å². The summed E-state index contributed by atoms with van der Waals surface area (Å²) in [6.07, 6.45) is 4.93. The molecular formula is C51H57BN2O. The Kier molecular flexibility index (Phi) is 6.94. The van der Waals surface area contributed by atoms with E-state index >= 15 is 0 Å². The highest BCUT2D eigenvalue weighted by Crippen LogP contribution is 2.63. The second-order valence-electron chi connectivity index (χ2n) is 21.0. The van der Waals surface area contributed by atoms with Gasteiger partial charge in [-0.15, -0.1) is 0 Å². The number of hydrogen-bond donors (Lipinski definition) is 0. The molecule has 5 aromatic carbocycles. The Morgan fingerprint density at radius 1 is 0.655 bits per heavy atom. The summed E-state index contributed by atoms with van der Waals surface area (Å²) in [7, 11) is 0. The summed E-state index contributed by atoms with van der Waals surface area (Å²) in [4.78, 5) is 5.60. The maximum atomic E-state index is 7.02. The van der Waals surface area contributed by atoms with Crippen LogP contribution in [-0.2, 0) is 21.7 Å². The van der Waals surface area contributed by atoms with Crippen molar-refractivity contribution in [3.63, 3.8) is 0 Å². The fourth-order valence-electron chi connectivity index (χ4n) is 11.1. The fourth-order valence-corrected chi connectivity index (χ4v) is 11.1. The van der Waals surface area contributed by atoms with Crippen LogP contribution >= 0.6 is 0 Å². The summed E-state index contributed by atoms with van der Waals surface area (Å²) < 4.78 is 7.02. The van der Waals surface area contributed by atoms with E-state index in [2.05, 4.69) is 172 Å². The summed E-state index contributed by atoms with van der Waals surface area (Å²) in [5.74, 6) is 0. The van der Waals surface area contributed by atoms with E-state index in [1.165, 1.54) is 104 Å². The van der Waals surface area contributed by atoms with E-state index in [4.69, 9.17) is 4.42 Å². The first-order chi connectivity index (χ1) is 25.8. The molecule has 1 aliphatic carbocycles. The van der Waals surface area contributed by atoms with Crippen LogP contribution in [0.15, 0.2) is 83.3 Å². The number of rotatable bonds is 1. The van der Waals surface area contributed by atoms with Gasteiger partial charge in [-0.3, -0.25) is 0 Å². The largest absolute Gasteiger partial charge is 0.455 e. The van der Waals surface area contributed by atoms with E-state index in [9.17, 15) is 0 Å². The third-order valence-electron chi connectivity index (χ3n) is 14.6. The quantitative estimate of drug-likeness (QED) is 0.157. The van der Waals surface area contributed by atoms with E-state index < -0.39 is 0 Å². The van der Waals surface area contributed by atoms with Crippen LogP contribution in [0.5, 0.6) is 0 Å². The average Bonchev–Trinajstić information content (AvgIpc) is 3.59. The average molecular weight is 725 g/mol. The zero-order valence-corrected chi connectivity index (χ0v) is 35.2. The van der Waals surface area contributed by atoms with Crippen molar-refractivity contribution in [1.29, 1.82) is 0 Å². The van der Waals surface area contributed by atoms with Crippen LogP contribution in [0.1, 0.15) is 130 Å². The van der Waals surface area contributed by atoms with Crippen LogP contribution in [0.2, 0.25) is 0 Å². The topological polar surface area (TPSA) is 19.6 Å². The van der Waals surface area contributed by atoms with Crippen LogP contribution in [0.3, 0.4) is 0 Å². The van der Waals surface area contributed by atoms with E-state index in [0.717, 1.165) is 11.2 Å². The van der Waals surface area contributed by atoms with Crippen molar-refractivity contribution < 1.29 is 4.42 Å². The van der Waals surface area contributed by atoms with Crippen LogP contribution in [0.25, 0.3) is 33.1 Å². The minimum atomic E-state index is -0.0468. The second kappa shape index (κ2) is 10.9. The monoisotopic (exact) mass is 724 g/mol. The molecule has 6 aromatic rings. The maximum Gasteiger partial charge on any atom is 0.333 e. The molecule has 0 amide bonds. The predicted octanol–water partition coefficient (Wildman–Crippen LogP) is 12.8. The van der Waals surface area contributed by atoms with Crippen molar-refractivity contribution in [3.8, 4) is 11.1 Å². The van der Waals surface area contributed by atoms with Crippen molar-refractivity contribution in [2.45, 2.75) is 136 Å². The first-order valence-electron chi connectivity index (χ1n) is 20.9. The number of hydrogen-bond acceptors (Lipinski definition) is 3. The van der Waals surface area contributed by atoms with Crippen molar-refractivity contribution in [3.05, 3.63) is 107 Å². The van der Waals surface area contributed by atoms with Gasteiger partial charge in [-0.2, -0.15) is 0 Å². The summed E-state index contributed by atoms with van der Waals surface area (Å²) in [5, 5.41) is 2.36. The highest BCUT2D eigenvalue weighted by Gasteiger charge is 2.62. The predicted molar refractivity (Wildman–Crippen MR) is 236 cm³/mol. The molecule has 1 aromatic heterocycles. The van der Waals surface area contributed by atoms with E-state index in [1.54, 1.807) is 5.56 Å². The molecule has 1 fully saturated rings. The first-order valence-corrected chi connectivity index (χ1v) is 20.9. The van der Waals surface area contributed by atoms with Crippen LogP contribution < -0.4 is 20.6 Å². The van der Waals surface area contributed by atoms with Gasteiger partial charge in [-0.25, -0.2) is 0 Å². The minimum absolute atomic E-state index is 0.00168. The number of para-hydroxylation sites is 1. The van der Waals surface area contributed by atoms with Crippen molar-refractivity contribution in [2.24, 2.45) is 0 Å². The van der Waals surface area contributed by atoms with E-state index in [0.29, 0.717) is 0 Å².